The van der Waals surface area contributed by atoms with Gasteiger partial charge in [0.25, 0.3) is 0 Å². The van der Waals surface area contributed by atoms with Crippen molar-refractivity contribution in [2.45, 2.75) is 45.7 Å². The average molecular weight is 404 g/mol. The summed E-state index contributed by atoms with van der Waals surface area (Å²) in [6.45, 7) is 8.70. The average Bonchev–Trinajstić information content (AvgIpc) is 3.55. The minimum atomic E-state index is 0.132. The number of nitrogens with zero attached hydrogens (tertiary/aromatic N) is 5. The number of carbonyl (C=O) groups excluding carboxylic acids is 1. The zero-order valence-corrected chi connectivity index (χ0v) is 17.8. The second-order valence-corrected chi connectivity index (χ2v) is 8.76. The SMILES string of the molecule is Cc1ccc(CN2CCN(C(=O)Cn3nc(C)c4c(C5CC5)ccnc43)CC2)cc1. The molecule has 6 heteroatoms. The lowest BCUT2D eigenvalue weighted by atomic mass is 10.1. The molecule has 2 fully saturated rings. The molecule has 0 N–H and O–H groups in total. The van der Waals surface area contributed by atoms with E-state index < -0.39 is 0 Å². The summed E-state index contributed by atoms with van der Waals surface area (Å²) in [5.74, 6) is 0.775. The number of piperazine rings is 1. The number of benzene rings is 1. The van der Waals surface area contributed by atoms with Crippen molar-refractivity contribution in [1.82, 2.24) is 24.6 Å². The van der Waals surface area contributed by atoms with E-state index in [0.717, 1.165) is 49.5 Å². The first-order valence-corrected chi connectivity index (χ1v) is 11.0. The summed E-state index contributed by atoms with van der Waals surface area (Å²) in [6.07, 6.45) is 4.35. The van der Waals surface area contributed by atoms with Gasteiger partial charge >= 0.3 is 0 Å². The molecule has 5 rings (SSSR count). The van der Waals surface area contributed by atoms with E-state index in [1.165, 1.54) is 29.5 Å². The van der Waals surface area contributed by atoms with E-state index in [1.807, 2.05) is 18.0 Å². The van der Waals surface area contributed by atoms with E-state index >= 15 is 0 Å². The number of aryl methyl sites for hydroxylation is 2. The molecule has 0 radical (unpaired) electrons. The van der Waals surface area contributed by atoms with Gasteiger partial charge in [0, 0.05) is 44.3 Å². The van der Waals surface area contributed by atoms with Gasteiger partial charge in [0.1, 0.15) is 6.54 Å². The largest absolute Gasteiger partial charge is 0.339 e. The number of pyridine rings is 1. The molecule has 156 valence electrons. The molecular weight excluding hydrogens is 374 g/mol. The van der Waals surface area contributed by atoms with Crippen LogP contribution in [0.5, 0.6) is 0 Å². The van der Waals surface area contributed by atoms with Crippen molar-refractivity contribution in [2.75, 3.05) is 26.2 Å². The van der Waals surface area contributed by atoms with Crippen molar-refractivity contribution in [2.24, 2.45) is 0 Å². The number of fused-ring (bicyclic) bond motifs is 1. The van der Waals surface area contributed by atoms with Crippen LogP contribution in [0.1, 0.15) is 41.1 Å². The molecule has 0 atom stereocenters. The van der Waals surface area contributed by atoms with Gasteiger partial charge in [-0.3, -0.25) is 9.69 Å². The maximum absolute atomic E-state index is 13.0. The highest BCUT2D eigenvalue weighted by Gasteiger charge is 2.28. The molecule has 1 saturated carbocycles. The van der Waals surface area contributed by atoms with Gasteiger partial charge in [-0.2, -0.15) is 5.10 Å². The highest BCUT2D eigenvalue weighted by Crippen LogP contribution is 2.43. The molecule has 30 heavy (non-hydrogen) atoms. The van der Waals surface area contributed by atoms with E-state index in [4.69, 9.17) is 0 Å². The van der Waals surface area contributed by atoms with Crippen LogP contribution in [0.4, 0.5) is 0 Å². The van der Waals surface area contributed by atoms with Gasteiger partial charge in [-0.15, -0.1) is 0 Å². The van der Waals surface area contributed by atoms with Crippen LogP contribution in [-0.4, -0.2) is 56.7 Å². The Labute approximate surface area is 177 Å². The van der Waals surface area contributed by atoms with Crippen molar-refractivity contribution in [3.8, 4) is 0 Å². The molecule has 1 amide bonds. The predicted octanol–water partition coefficient (Wildman–Crippen LogP) is 3.27. The lowest BCUT2D eigenvalue weighted by Gasteiger charge is -2.34. The second kappa shape index (κ2) is 7.84. The first kappa shape index (κ1) is 19.2. The number of rotatable bonds is 5. The van der Waals surface area contributed by atoms with E-state index in [2.05, 4.69) is 52.2 Å². The third kappa shape index (κ3) is 3.84. The summed E-state index contributed by atoms with van der Waals surface area (Å²) in [5, 5.41) is 5.82. The van der Waals surface area contributed by atoms with Crippen LogP contribution in [-0.2, 0) is 17.9 Å². The highest BCUT2D eigenvalue weighted by atomic mass is 16.2. The van der Waals surface area contributed by atoms with E-state index in [0.29, 0.717) is 5.92 Å². The number of hydrogen-bond donors (Lipinski definition) is 0. The van der Waals surface area contributed by atoms with Gasteiger partial charge in [-0.1, -0.05) is 29.8 Å². The van der Waals surface area contributed by atoms with Crippen LogP contribution in [0.3, 0.4) is 0 Å². The third-order valence-corrected chi connectivity index (χ3v) is 6.39. The number of aromatic nitrogens is 3. The summed E-state index contributed by atoms with van der Waals surface area (Å²) in [6, 6.07) is 10.8. The number of carbonyl (C=O) groups is 1. The fourth-order valence-corrected chi connectivity index (χ4v) is 4.49. The van der Waals surface area contributed by atoms with Crippen molar-refractivity contribution < 1.29 is 4.79 Å². The Kier molecular flexibility index (Phi) is 5.03. The maximum Gasteiger partial charge on any atom is 0.244 e. The van der Waals surface area contributed by atoms with Crippen molar-refractivity contribution in [3.63, 3.8) is 0 Å². The fraction of sp³-hybridized carbons (Fsp3) is 0.458. The summed E-state index contributed by atoms with van der Waals surface area (Å²) >= 11 is 0. The lowest BCUT2D eigenvalue weighted by Crippen LogP contribution is -2.49. The Hall–Kier alpha value is -2.73. The van der Waals surface area contributed by atoms with Crippen molar-refractivity contribution in [3.05, 3.63) is 58.9 Å². The van der Waals surface area contributed by atoms with Crippen LogP contribution in [0.2, 0.25) is 0 Å². The monoisotopic (exact) mass is 403 g/mol. The Bertz CT molecular complexity index is 1060. The van der Waals surface area contributed by atoms with Gasteiger partial charge in [-0.25, -0.2) is 9.67 Å². The molecule has 0 bridgehead atoms. The summed E-state index contributed by atoms with van der Waals surface area (Å²) in [5.41, 5.74) is 5.80. The van der Waals surface area contributed by atoms with Crippen LogP contribution >= 0.6 is 0 Å². The first-order chi connectivity index (χ1) is 14.6. The first-order valence-electron chi connectivity index (χ1n) is 11.0. The van der Waals surface area contributed by atoms with Gasteiger partial charge < -0.3 is 4.90 Å². The van der Waals surface area contributed by atoms with Crippen LogP contribution in [0.15, 0.2) is 36.5 Å². The van der Waals surface area contributed by atoms with Crippen LogP contribution in [0, 0.1) is 13.8 Å². The Balaban J connectivity index is 1.22. The topological polar surface area (TPSA) is 54.3 Å². The third-order valence-electron chi connectivity index (χ3n) is 6.39. The molecule has 0 spiro atoms. The number of hydrogen-bond acceptors (Lipinski definition) is 4. The van der Waals surface area contributed by atoms with Gasteiger partial charge in [0.15, 0.2) is 5.65 Å². The van der Waals surface area contributed by atoms with Gasteiger partial charge in [0.2, 0.25) is 5.91 Å². The predicted molar refractivity (Wildman–Crippen MR) is 117 cm³/mol. The molecule has 0 unspecified atom stereocenters. The van der Waals surface area contributed by atoms with Crippen molar-refractivity contribution >= 4 is 16.9 Å². The standard InChI is InChI=1S/C24H29N5O/c1-17-3-5-19(6-4-17)15-27-11-13-28(14-12-27)22(30)16-29-24-23(18(2)26-29)21(9-10-25-24)20-7-8-20/h3-6,9-10,20H,7-8,11-16H2,1-2H3. The molecule has 1 aliphatic carbocycles. The van der Waals surface area contributed by atoms with Crippen molar-refractivity contribution in [1.29, 1.82) is 0 Å². The summed E-state index contributed by atoms with van der Waals surface area (Å²) < 4.78 is 1.80. The quantitative estimate of drug-likeness (QED) is 0.656. The summed E-state index contributed by atoms with van der Waals surface area (Å²) in [4.78, 5) is 21.9. The normalized spacial score (nSPS) is 17.6. The Morgan fingerprint density at radius 2 is 1.77 bits per heavy atom. The molecule has 1 aromatic carbocycles. The fourth-order valence-electron chi connectivity index (χ4n) is 4.49. The lowest BCUT2D eigenvalue weighted by molar-refractivity contribution is -0.133. The molecular formula is C24H29N5O. The molecule has 6 nitrogen and oxygen atoms in total. The number of amides is 1. The molecule has 1 saturated heterocycles. The Morgan fingerprint density at radius 1 is 1.03 bits per heavy atom. The molecule has 2 aliphatic rings. The second-order valence-electron chi connectivity index (χ2n) is 8.76. The minimum absolute atomic E-state index is 0.132. The van der Waals surface area contributed by atoms with Crippen LogP contribution in [0.25, 0.3) is 11.0 Å². The maximum atomic E-state index is 13.0. The summed E-state index contributed by atoms with van der Waals surface area (Å²) in [7, 11) is 0. The smallest absolute Gasteiger partial charge is 0.244 e. The van der Waals surface area contributed by atoms with E-state index in [-0.39, 0.29) is 12.5 Å². The minimum Gasteiger partial charge on any atom is -0.339 e. The molecule has 1 aliphatic heterocycles. The van der Waals surface area contributed by atoms with E-state index in [9.17, 15) is 4.79 Å². The zero-order valence-electron chi connectivity index (χ0n) is 17.8. The Morgan fingerprint density at radius 3 is 2.47 bits per heavy atom. The highest BCUT2D eigenvalue weighted by molar-refractivity contribution is 5.85. The molecule has 2 aromatic heterocycles. The van der Waals surface area contributed by atoms with E-state index in [1.54, 1.807) is 4.68 Å². The molecule has 3 aromatic rings. The van der Waals surface area contributed by atoms with Crippen LogP contribution < -0.4 is 0 Å². The van der Waals surface area contributed by atoms with Gasteiger partial charge in [0.05, 0.1) is 5.69 Å². The molecule has 3 heterocycles. The van der Waals surface area contributed by atoms with Gasteiger partial charge in [-0.05, 0) is 49.8 Å². The zero-order chi connectivity index (χ0) is 20.7.